The van der Waals surface area contributed by atoms with E-state index in [2.05, 4.69) is 23.4 Å². The van der Waals surface area contributed by atoms with Crippen molar-refractivity contribution in [2.24, 2.45) is 0 Å². The first-order valence-electron chi connectivity index (χ1n) is 5.44. The minimum Gasteiger partial charge on any atom is -0.360 e. The van der Waals surface area contributed by atoms with Gasteiger partial charge in [0.1, 0.15) is 0 Å². The quantitative estimate of drug-likeness (QED) is 0.788. The molecule has 0 N–H and O–H groups in total. The first-order chi connectivity index (χ1) is 7.31. The Balaban J connectivity index is 1.92. The average Bonchev–Trinajstić information content (AvgIpc) is 2.86. The lowest BCUT2D eigenvalue weighted by Crippen LogP contribution is -2.35. The minimum atomic E-state index is 0.699. The van der Waals surface area contributed by atoms with Crippen LogP contribution in [0.1, 0.15) is 25.0 Å². The molecule has 0 spiro atoms. The maximum absolute atomic E-state index is 5.13. The fourth-order valence-electron chi connectivity index (χ4n) is 2.37. The Hall–Kier alpha value is -0.480. The van der Waals surface area contributed by atoms with E-state index in [1.807, 2.05) is 17.8 Å². The van der Waals surface area contributed by atoms with Crippen molar-refractivity contribution in [1.29, 1.82) is 0 Å². The van der Waals surface area contributed by atoms with Gasteiger partial charge in [-0.2, -0.15) is 11.8 Å². The molecule has 0 bridgehead atoms. The molecule has 4 heteroatoms. The Labute approximate surface area is 95.2 Å². The number of rotatable bonds is 4. The standard InChI is InChI=1S/C11H18N2OS/c1-13(8-9-6-7-12-14-9)10-4-3-5-11(10)15-2/h6-7,10-11H,3-5,8H2,1-2H3/t10-,11-/m0/s1. The van der Waals surface area contributed by atoms with Crippen LogP contribution in [-0.2, 0) is 6.54 Å². The van der Waals surface area contributed by atoms with E-state index in [0.29, 0.717) is 6.04 Å². The third kappa shape index (κ3) is 2.55. The maximum atomic E-state index is 5.13. The van der Waals surface area contributed by atoms with E-state index in [9.17, 15) is 0 Å². The van der Waals surface area contributed by atoms with Crippen molar-refractivity contribution < 1.29 is 4.52 Å². The third-order valence-electron chi connectivity index (χ3n) is 3.18. The van der Waals surface area contributed by atoms with Crippen LogP contribution in [0.5, 0.6) is 0 Å². The van der Waals surface area contributed by atoms with Crippen LogP contribution in [0.3, 0.4) is 0 Å². The molecule has 15 heavy (non-hydrogen) atoms. The lowest BCUT2D eigenvalue weighted by atomic mass is 10.2. The Kier molecular flexibility index (Phi) is 3.70. The number of thioether (sulfide) groups is 1. The van der Waals surface area contributed by atoms with Gasteiger partial charge in [0.25, 0.3) is 0 Å². The largest absolute Gasteiger partial charge is 0.360 e. The second-order valence-electron chi connectivity index (χ2n) is 4.17. The molecule has 0 aliphatic heterocycles. The summed E-state index contributed by atoms with van der Waals surface area (Å²) in [6.07, 6.45) is 7.95. The molecule has 3 nitrogen and oxygen atoms in total. The molecule has 0 saturated heterocycles. The van der Waals surface area contributed by atoms with E-state index in [4.69, 9.17) is 4.52 Å². The summed E-state index contributed by atoms with van der Waals surface area (Å²) in [6.45, 7) is 0.877. The molecule has 0 radical (unpaired) electrons. The molecule has 1 saturated carbocycles. The molecule has 1 aromatic heterocycles. The molecule has 1 aliphatic rings. The van der Waals surface area contributed by atoms with Crippen LogP contribution in [-0.4, -0.2) is 34.7 Å². The van der Waals surface area contributed by atoms with Crippen LogP contribution < -0.4 is 0 Å². The van der Waals surface area contributed by atoms with Crippen molar-refractivity contribution in [2.45, 2.75) is 37.1 Å². The van der Waals surface area contributed by atoms with Gasteiger partial charge < -0.3 is 4.52 Å². The van der Waals surface area contributed by atoms with E-state index in [1.165, 1.54) is 19.3 Å². The van der Waals surface area contributed by atoms with Crippen molar-refractivity contribution in [1.82, 2.24) is 10.1 Å². The van der Waals surface area contributed by atoms with Crippen LogP contribution in [0.4, 0.5) is 0 Å². The zero-order valence-corrected chi connectivity index (χ0v) is 10.2. The smallest absolute Gasteiger partial charge is 0.150 e. The van der Waals surface area contributed by atoms with E-state index >= 15 is 0 Å². The molecule has 1 heterocycles. The van der Waals surface area contributed by atoms with Crippen molar-refractivity contribution in [3.05, 3.63) is 18.0 Å². The number of hydrogen-bond acceptors (Lipinski definition) is 4. The fourth-order valence-corrected chi connectivity index (χ4v) is 3.43. The molecule has 2 atom stereocenters. The van der Waals surface area contributed by atoms with Gasteiger partial charge in [0.05, 0.1) is 12.7 Å². The SMILES string of the molecule is CS[C@H]1CCC[C@@H]1N(C)Cc1ccno1. The van der Waals surface area contributed by atoms with Gasteiger partial charge in [-0.05, 0) is 26.1 Å². The Morgan fingerprint density at radius 1 is 1.60 bits per heavy atom. The van der Waals surface area contributed by atoms with Crippen molar-refractivity contribution in [3.63, 3.8) is 0 Å². The highest BCUT2D eigenvalue weighted by Gasteiger charge is 2.29. The summed E-state index contributed by atoms with van der Waals surface area (Å²) in [4.78, 5) is 2.40. The van der Waals surface area contributed by atoms with Crippen LogP contribution in [0.25, 0.3) is 0 Å². The van der Waals surface area contributed by atoms with Crippen molar-refractivity contribution in [3.8, 4) is 0 Å². The number of aromatic nitrogens is 1. The predicted molar refractivity (Wildman–Crippen MR) is 62.9 cm³/mol. The summed E-state index contributed by atoms with van der Waals surface area (Å²) in [5.74, 6) is 0.962. The van der Waals surface area contributed by atoms with Gasteiger partial charge in [0, 0.05) is 17.4 Å². The highest BCUT2D eigenvalue weighted by Crippen LogP contribution is 2.32. The van der Waals surface area contributed by atoms with Gasteiger partial charge in [0.2, 0.25) is 0 Å². The molecule has 0 aromatic carbocycles. The Bertz CT molecular complexity index is 289. The summed E-state index contributed by atoms with van der Waals surface area (Å²) in [7, 11) is 2.18. The van der Waals surface area contributed by atoms with Gasteiger partial charge in [0.15, 0.2) is 5.76 Å². The van der Waals surface area contributed by atoms with Crippen LogP contribution in [0.15, 0.2) is 16.8 Å². The molecule has 0 unspecified atom stereocenters. The topological polar surface area (TPSA) is 29.3 Å². The van der Waals surface area contributed by atoms with Crippen LogP contribution in [0.2, 0.25) is 0 Å². The van der Waals surface area contributed by atoms with Gasteiger partial charge in [-0.3, -0.25) is 4.90 Å². The third-order valence-corrected chi connectivity index (χ3v) is 4.34. The van der Waals surface area contributed by atoms with Crippen molar-refractivity contribution in [2.75, 3.05) is 13.3 Å². The molecule has 0 amide bonds. The molecular weight excluding hydrogens is 208 g/mol. The zero-order chi connectivity index (χ0) is 10.7. The molecule has 1 fully saturated rings. The fraction of sp³-hybridized carbons (Fsp3) is 0.727. The van der Waals surface area contributed by atoms with E-state index in [-0.39, 0.29) is 0 Å². The van der Waals surface area contributed by atoms with Gasteiger partial charge >= 0.3 is 0 Å². The Morgan fingerprint density at radius 3 is 3.13 bits per heavy atom. The first kappa shape index (κ1) is 11.0. The molecule has 2 rings (SSSR count). The second kappa shape index (κ2) is 5.03. The molecule has 84 valence electrons. The van der Waals surface area contributed by atoms with Crippen LogP contribution >= 0.6 is 11.8 Å². The molecule has 1 aliphatic carbocycles. The maximum Gasteiger partial charge on any atom is 0.150 e. The van der Waals surface area contributed by atoms with Crippen molar-refractivity contribution >= 4 is 11.8 Å². The summed E-state index contributed by atoms with van der Waals surface area (Å²) < 4.78 is 5.13. The Morgan fingerprint density at radius 2 is 2.47 bits per heavy atom. The first-order valence-corrected chi connectivity index (χ1v) is 6.72. The normalized spacial score (nSPS) is 26.3. The number of nitrogens with zero attached hydrogens (tertiary/aromatic N) is 2. The minimum absolute atomic E-state index is 0.699. The summed E-state index contributed by atoms with van der Waals surface area (Å²) >= 11 is 1.99. The van der Waals surface area contributed by atoms with E-state index < -0.39 is 0 Å². The lowest BCUT2D eigenvalue weighted by Gasteiger charge is -2.27. The summed E-state index contributed by atoms with van der Waals surface area (Å²) in [5, 5.41) is 4.52. The summed E-state index contributed by atoms with van der Waals surface area (Å²) in [6, 6.07) is 2.64. The van der Waals surface area contributed by atoms with Gasteiger partial charge in [-0.25, -0.2) is 0 Å². The lowest BCUT2D eigenvalue weighted by molar-refractivity contribution is 0.213. The molecular formula is C11H18N2OS. The van der Waals surface area contributed by atoms with Crippen LogP contribution in [0, 0.1) is 0 Å². The molecule has 1 aromatic rings. The number of hydrogen-bond donors (Lipinski definition) is 0. The van der Waals surface area contributed by atoms with Gasteiger partial charge in [-0.15, -0.1) is 0 Å². The summed E-state index contributed by atoms with van der Waals surface area (Å²) in [5.41, 5.74) is 0. The highest BCUT2D eigenvalue weighted by molar-refractivity contribution is 7.99. The van der Waals surface area contributed by atoms with E-state index in [0.717, 1.165) is 17.6 Å². The monoisotopic (exact) mass is 226 g/mol. The zero-order valence-electron chi connectivity index (χ0n) is 9.35. The predicted octanol–water partition coefficient (Wildman–Crippen LogP) is 2.39. The second-order valence-corrected chi connectivity index (χ2v) is 5.24. The van der Waals surface area contributed by atoms with Gasteiger partial charge in [-0.1, -0.05) is 11.6 Å². The highest BCUT2D eigenvalue weighted by atomic mass is 32.2. The van der Waals surface area contributed by atoms with E-state index in [1.54, 1.807) is 6.20 Å². The average molecular weight is 226 g/mol.